The highest BCUT2D eigenvalue weighted by atomic mass is 32.2. The fourth-order valence-corrected chi connectivity index (χ4v) is 3.87. The molecule has 0 spiro atoms. The highest BCUT2D eigenvalue weighted by molar-refractivity contribution is 7.89. The van der Waals surface area contributed by atoms with Crippen LogP contribution in [0.15, 0.2) is 29.8 Å². The lowest BCUT2D eigenvalue weighted by molar-refractivity contribution is 0.0959. The molecule has 1 saturated heterocycles. The molecule has 0 bridgehead atoms. The van der Waals surface area contributed by atoms with Gasteiger partial charge in [0.25, 0.3) is 10.0 Å². The zero-order valence-electron chi connectivity index (χ0n) is 13.4. The van der Waals surface area contributed by atoms with E-state index in [0.29, 0.717) is 13.0 Å². The molecule has 0 aromatic carbocycles. The van der Waals surface area contributed by atoms with Crippen molar-refractivity contribution in [1.29, 1.82) is 0 Å². The van der Waals surface area contributed by atoms with E-state index in [1.807, 2.05) is 27.0 Å². The van der Waals surface area contributed by atoms with Gasteiger partial charge in [0, 0.05) is 32.1 Å². The summed E-state index contributed by atoms with van der Waals surface area (Å²) < 4.78 is 37.0. The quantitative estimate of drug-likeness (QED) is 0.878. The number of ether oxygens (including phenoxy) is 1. The molecule has 1 aliphatic heterocycles. The predicted octanol–water partition coefficient (Wildman–Crippen LogP) is 1.01. The summed E-state index contributed by atoms with van der Waals surface area (Å²) in [5.41, 5.74) is 0.850. The Morgan fingerprint density at radius 1 is 1.43 bits per heavy atom. The van der Waals surface area contributed by atoms with Crippen LogP contribution in [-0.2, 0) is 21.8 Å². The molecule has 2 aromatic heterocycles. The van der Waals surface area contributed by atoms with Crippen LogP contribution in [0, 0.1) is 0 Å². The molecule has 0 aliphatic carbocycles. The molecule has 1 fully saturated rings. The first-order valence-corrected chi connectivity index (χ1v) is 9.02. The van der Waals surface area contributed by atoms with Crippen LogP contribution >= 0.6 is 0 Å². The minimum absolute atomic E-state index is 0.0295. The molecule has 0 radical (unpaired) electrons. The van der Waals surface area contributed by atoms with E-state index in [0.717, 1.165) is 5.69 Å². The van der Waals surface area contributed by atoms with Gasteiger partial charge in [-0.2, -0.15) is 5.10 Å². The highest BCUT2D eigenvalue weighted by Gasteiger charge is 2.35. The van der Waals surface area contributed by atoms with Crippen molar-refractivity contribution in [2.45, 2.75) is 43.5 Å². The molecular weight excluding hydrogens is 318 g/mol. The minimum atomic E-state index is -3.68. The summed E-state index contributed by atoms with van der Waals surface area (Å²) in [6, 6.07) is 1.66. The number of aryl methyl sites for hydroxylation is 1. The summed E-state index contributed by atoms with van der Waals surface area (Å²) in [5.74, 6) is 0. The second kappa shape index (κ2) is 6.06. The van der Waals surface area contributed by atoms with Crippen LogP contribution < -0.4 is 4.72 Å². The Hall–Kier alpha value is -1.71. The third kappa shape index (κ3) is 3.17. The molecule has 3 heterocycles. The summed E-state index contributed by atoms with van der Waals surface area (Å²) in [7, 11) is -1.87. The highest BCUT2D eigenvalue weighted by Crippen LogP contribution is 2.29. The Morgan fingerprint density at radius 3 is 2.83 bits per heavy atom. The van der Waals surface area contributed by atoms with Gasteiger partial charge in [0.1, 0.15) is 6.10 Å². The lowest BCUT2D eigenvalue weighted by atomic mass is 10.1. The maximum Gasteiger partial charge on any atom is 0.259 e. The number of hydrogen-bond acceptors (Lipinski definition) is 5. The second-order valence-corrected chi connectivity index (χ2v) is 7.60. The van der Waals surface area contributed by atoms with Crippen LogP contribution in [0.5, 0.6) is 0 Å². The molecule has 2 atom stereocenters. The van der Waals surface area contributed by atoms with E-state index in [4.69, 9.17) is 4.74 Å². The van der Waals surface area contributed by atoms with Crippen molar-refractivity contribution in [1.82, 2.24) is 24.1 Å². The molecule has 0 saturated carbocycles. The minimum Gasteiger partial charge on any atom is -0.370 e. The van der Waals surface area contributed by atoms with Crippen molar-refractivity contribution in [2.75, 3.05) is 6.61 Å². The van der Waals surface area contributed by atoms with Crippen LogP contribution in [0.25, 0.3) is 0 Å². The first-order chi connectivity index (χ1) is 10.9. The average molecular weight is 339 g/mol. The smallest absolute Gasteiger partial charge is 0.259 e. The first kappa shape index (κ1) is 16.2. The zero-order chi connectivity index (χ0) is 16.6. The maximum absolute atomic E-state index is 12.6. The lowest BCUT2D eigenvalue weighted by Crippen LogP contribution is -2.37. The van der Waals surface area contributed by atoms with Gasteiger partial charge in [0.2, 0.25) is 0 Å². The van der Waals surface area contributed by atoms with Crippen LogP contribution in [0.4, 0.5) is 0 Å². The van der Waals surface area contributed by atoms with Crippen LogP contribution in [0.1, 0.15) is 38.1 Å². The van der Waals surface area contributed by atoms with Gasteiger partial charge in [-0.1, -0.05) is 0 Å². The van der Waals surface area contributed by atoms with Crippen molar-refractivity contribution >= 4 is 10.0 Å². The number of sulfonamides is 1. The van der Waals surface area contributed by atoms with Crippen molar-refractivity contribution in [3.05, 3.63) is 30.5 Å². The Labute approximate surface area is 135 Å². The average Bonchev–Trinajstić information content (AvgIpc) is 3.18. The maximum atomic E-state index is 12.6. The monoisotopic (exact) mass is 339 g/mol. The fraction of sp³-hybridized carbons (Fsp3) is 0.571. The largest absolute Gasteiger partial charge is 0.370 e. The molecule has 0 unspecified atom stereocenters. The number of nitrogens with zero attached hydrogens (tertiary/aromatic N) is 4. The van der Waals surface area contributed by atoms with Gasteiger partial charge in [-0.15, -0.1) is 0 Å². The first-order valence-electron chi connectivity index (χ1n) is 7.54. The summed E-state index contributed by atoms with van der Waals surface area (Å²) >= 11 is 0. The summed E-state index contributed by atoms with van der Waals surface area (Å²) in [6.07, 6.45) is 5.02. The second-order valence-electron chi connectivity index (χ2n) is 5.94. The molecule has 3 rings (SSSR count). The van der Waals surface area contributed by atoms with Crippen LogP contribution in [0.3, 0.4) is 0 Å². The van der Waals surface area contributed by atoms with E-state index in [1.54, 1.807) is 21.6 Å². The van der Waals surface area contributed by atoms with Crippen LogP contribution in [-0.4, -0.2) is 40.4 Å². The summed E-state index contributed by atoms with van der Waals surface area (Å²) in [4.78, 5) is 4.01. The third-order valence-corrected chi connectivity index (χ3v) is 5.37. The Morgan fingerprint density at radius 2 is 2.22 bits per heavy atom. The standard InChI is InChI=1S/C14H21N5O3S/c1-10(2)19-8-13(15-9-19)23(20,21)17-11-5-7-22-14(11)12-4-6-16-18(12)3/h4,6,8-11,14,17H,5,7H2,1-3H3/t11-,14-/m0/s1. The lowest BCUT2D eigenvalue weighted by Gasteiger charge is -2.19. The SMILES string of the molecule is CC(C)n1cnc(S(=O)(=O)N[C@H]2CCO[C@@H]2c2ccnn2C)c1. The number of aromatic nitrogens is 4. The zero-order valence-corrected chi connectivity index (χ0v) is 14.2. The van der Waals surface area contributed by atoms with E-state index in [9.17, 15) is 8.42 Å². The van der Waals surface area contributed by atoms with E-state index < -0.39 is 10.0 Å². The third-order valence-electron chi connectivity index (χ3n) is 4.00. The summed E-state index contributed by atoms with van der Waals surface area (Å²) in [5, 5.41) is 4.15. The van der Waals surface area contributed by atoms with E-state index >= 15 is 0 Å². The van der Waals surface area contributed by atoms with Crippen molar-refractivity contribution < 1.29 is 13.2 Å². The summed E-state index contributed by atoms with van der Waals surface area (Å²) in [6.45, 7) is 4.44. The van der Waals surface area contributed by atoms with E-state index in [1.165, 1.54) is 6.33 Å². The molecule has 9 heteroatoms. The van der Waals surface area contributed by atoms with Crippen molar-refractivity contribution in [3.63, 3.8) is 0 Å². The molecule has 23 heavy (non-hydrogen) atoms. The number of rotatable bonds is 5. The molecule has 126 valence electrons. The fourth-order valence-electron chi connectivity index (χ4n) is 2.66. The number of imidazole rings is 1. The van der Waals surface area contributed by atoms with Gasteiger partial charge < -0.3 is 9.30 Å². The predicted molar refractivity (Wildman–Crippen MR) is 83.2 cm³/mol. The molecule has 0 amide bonds. The molecule has 1 aliphatic rings. The Kier molecular flexibility index (Phi) is 4.26. The molecule has 8 nitrogen and oxygen atoms in total. The van der Waals surface area contributed by atoms with E-state index in [2.05, 4.69) is 14.8 Å². The van der Waals surface area contributed by atoms with Gasteiger partial charge in [-0.25, -0.2) is 18.1 Å². The topological polar surface area (TPSA) is 91.0 Å². The molecule has 2 aromatic rings. The Balaban J connectivity index is 1.80. The molecule has 1 N–H and O–H groups in total. The van der Waals surface area contributed by atoms with Gasteiger partial charge in [0.15, 0.2) is 5.03 Å². The van der Waals surface area contributed by atoms with Gasteiger partial charge in [-0.3, -0.25) is 4.68 Å². The van der Waals surface area contributed by atoms with Gasteiger partial charge in [0.05, 0.1) is 18.1 Å². The Bertz CT molecular complexity index is 780. The van der Waals surface area contributed by atoms with Gasteiger partial charge in [-0.05, 0) is 26.3 Å². The van der Waals surface area contributed by atoms with Crippen molar-refractivity contribution in [3.8, 4) is 0 Å². The number of nitrogens with one attached hydrogen (secondary N) is 1. The van der Waals surface area contributed by atoms with E-state index in [-0.39, 0.29) is 23.2 Å². The van der Waals surface area contributed by atoms with Crippen LogP contribution in [0.2, 0.25) is 0 Å². The van der Waals surface area contributed by atoms with Gasteiger partial charge >= 0.3 is 0 Å². The molecular formula is C14H21N5O3S. The van der Waals surface area contributed by atoms with Crippen molar-refractivity contribution in [2.24, 2.45) is 7.05 Å². The number of hydrogen-bond donors (Lipinski definition) is 1. The normalized spacial score (nSPS) is 22.1.